The molecular formula is C21H20INO5. The van der Waals surface area contributed by atoms with E-state index in [4.69, 9.17) is 18.9 Å². The first-order valence-corrected chi connectivity index (χ1v) is 9.81. The third-order valence-electron chi connectivity index (χ3n) is 3.96. The molecule has 0 spiro atoms. The minimum Gasteiger partial charge on any atom is -0.497 e. The number of ether oxygens (including phenoxy) is 4. The standard InChI is InChI=1S/C21H20INO5/c1-4-9-27-19-16(22)10-13(12-18(19)26-3)11-17-21(24)28-20(23-17)14-5-7-15(25-2)8-6-14/h5-8,10-12H,4,9H2,1-3H3. The van der Waals surface area contributed by atoms with Crippen LogP contribution in [0.2, 0.25) is 0 Å². The van der Waals surface area contributed by atoms with Gasteiger partial charge in [0.25, 0.3) is 0 Å². The van der Waals surface area contributed by atoms with Crippen LogP contribution in [0.25, 0.3) is 6.08 Å². The number of benzene rings is 2. The van der Waals surface area contributed by atoms with Crippen molar-refractivity contribution >= 4 is 40.5 Å². The maximum Gasteiger partial charge on any atom is 0.363 e. The van der Waals surface area contributed by atoms with Crippen molar-refractivity contribution in [3.8, 4) is 17.2 Å². The summed E-state index contributed by atoms with van der Waals surface area (Å²) in [4.78, 5) is 16.6. The summed E-state index contributed by atoms with van der Waals surface area (Å²) < 4.78 is 22.6. The largest absolute Gasteiger partial charge is 0.497 e. The molecule has 0 fully saturated rings. The van der Waals surface area contributed by atoms with Gasteiger partial charge in [0.1, 0.15) is 5.75 Å². The van der Waals surface area contributed by atoms with Gasteiger partial charge in [-0.05, 0) is 77.0 Å². The van der Waals surface area contributed by atoms with Crippen LogP contribution in [-0.4, -0.2) is 32.7 Å². The third-order valence-corrected chi connectivity index (χ3v) is 4.76. The smallest absolute Gasteiger partial charge is 0.363 e. The normalized spacial score (nSPS) is 14.6. The molecule has 28 heavy (non-hydrogen) atoms. The fourth-order valence-electron chi connectivity index (χ4n) is 2.59. The van der Waals surface area contributed by atoms with Gasteiger partial charge in [-0.2, -0.15) is 0 Å². The number of carbonyl (C=O) groups excluding carboxylic acids is 1. The molecule has 7 heteroatoms. The molecule has 0 aromatic heterocycles. The zero-order valence-corrected chi connectivity index (χ0v) is 18.0. The molecule has 1 aliphatic heterocycles. The second kappa shape index (κ2) is 9.09. The Hall–Kier alpha value is -2.55. The average Bonchev–Trinajstić information content (AvgIpc) is 3.07. The van der Waals surface area contributed by atoms with E-state index in [9.17, 15) is 4.79 Å². The first-order valence-electron chi connectivity index (χ1n) is 8.73. The van der Waals surface area contributed by atoms with Gasteiger partial charge in [0, 0.05) is 5.56 Å². The summed E-state index contributed by atoms with van der Waals surface area (Å²) in [7, 11) is 3.18. The SMILES string of the molecule is CCCOc1c(I)cc(C=C2N=C(c3ccc(OC)cc3)OC2=O)cc1OC. The van der Waals surface area contributed by atoms with E-state index < -0.39 is 5.97 Å². The van der Waals surface area contributed by atoms with Crippen molar-refractivity contribution in [3.05, 3.63) is 56.8 Å². The van der Waals surface area contributed by atoms with Gasteiger partial charge in [0.05, 0.1) is 24.4 Å². The Bertz CT molecular complexity index is 935. The summed E-state index contributed by atoms with van der Waals surface area (Å²) in [5.74, 6) is 1.80. The van der Waals surface area contributed by atoms with E-state index in [0.29, 0.717) is 23.7 Å². The second-order valence-electron chi connectivity index (χ2n) is 5.95. The van der Waals surface area contributed by atoms with Gasteiger partial charge in [0.2, 0.25) is 5.90 Å². The van der Waals surface area contributed by atoms with Crippen LogP contribution in [0.4, 0.5) is 0 Å². The minimum absolute atomic E-state index is 0.228. The summed E-state index contributed by atoms with van der Waals surface area (Å²) >= 11 is 2.19. The van der Waals surface area contributed by atoms with Gasteiger partial charge < -0.3 is 18.9 Å². The molecule has 146 valence electrons. The van der Waals surface area contributed by atoms with Crippen LogP contribution < -0.4 is 14.2 Å². The second-order valence-corrected chi connectivity index (χ2v) is 7.11. The molecule has 0 atom stereocenters. The molecule has 1 heterocycles. The lowest BCUT2D eigenvalue weighted by Gasteiger charge is -2.13. The van der Waals surface area contributed by atoms with Crippen molar-refractivity contribution in [1.82, 2.24) is 0 Å². The molecule has 0 saturated heterocycles. The quantitative estimate of drug-likeness (QED) is 0.324. The van der Waals surface area contributed by atoms with Crippen LogP contribution in [0.3, 0.4) is 0 Å². The highest BCUT2D eigenvalue weighted by molar-refractivity contribution is 14.1. The Kier molecular flexibility index (Phi) is 6.56. The molecule has 1 aliphatic rings. The van der Waals surface area contributed by atoms with Gasteiger partial charge in [0.15, 0.2) is 17.2 Å². The van der Waals surface area contributed by atoms with Crippen LogP contribution in [0.15, 0.2) is 47.1 Å². The monoisotopic (exact) mass is 493 g/mol. The number of rotatable bonds is 7. The van der Waals surface area contributed by atoms with Crippen molar-refractivity contribution in [2.24, 2.45) is 4.99 Å². The number of aliphatic imine (C=N–C) groups is 1. The van der Waals surface area contributed by atoms with Crippen molar-refractivity contribution in [3.63, 3.8) is 0 Å². The first-order chi connectivity index (χ1) is 13.5. The Morgan fingerprint density at radius 2 is 1.89 bits per heavy atom. The van der Waals surface area contributed by atoms with E-state index in [1.165, 1.54) is 0 Å². The predicted octanol–water partition coefficient (Wildman–Crippen LogP) is 4.44. The molecule has 6 nitrogen and oxygen atoms in total. The fraction of sp³-hybridized carbons (Fsp3) is 0.238. The van der Waals surface area contributed by atoms with Crippen LogP contribution in [0, 0.1) is 3.57 Å². The maximum atomic E-state index is 12.2. The van der Waals surface area contributed by atoms with Crippen LogP contribution in [0.1, 0.15) is 24.5 Å². The number of cyclic esters (lactones) is 1. The molecule has 3 rings (SSSR count). The predicted molar refractivity (Wildman–Crippen MR) is 115 cm³/mol. The van der Waals surface area contributed by atoms with Gasteiger partial charge >= 0.3 is 5.97 Å². The number of nitrogens with zero attached hydrogens (tertiary/aromatic N) is 1. The van der Waals surface area contributed by atoms with Crippen molar-refractivity contribution < 1.29 is 23.7 Å². The van der Waals surface area contributed by atoms with Gasteiger partial charge in [-0.1, -0.05) is 6.92 Å². The number of halogens is 1. The molecule has 0 unspecified atom stereocenters. The van der Waals surface area contributed by atoms with E-state index in [0.717, 1.165) is 21.3 Å². The lowest BCUT2D eigenvalue weighted by Crippen LogP contribution is -2.05. The van der Waals surface area contributed by atoms with Gasteiger partial charge in [-0.25, -0.2) is 9.79 Å². The van der Waals surface area contributed by atoms with Crippen LogP contribution in [0.5, 0.6) is 17.2 Å². The number of carbonyl (C=O) groups is 1. The van der Waals surface area contributed by atoms with Crippen molar-refractivity contribution in [2.75, 3.05) is 20.8 Å². The van der Waals surface area contributed by atoms with Crippen molar-refractivity contribution in [1.29, 1.82) is 0 Å². The molecule has 0 bridgehead atoms. The van der Waals surface area contributed by atoms with Crippen LogP contribution in [-0.2, 0) is 9.53 Å². The van der Waals surface area contributed by atoms with E-state index in [1.807, 2.05) is 19.1 Å². The number of esters is 1. The Morgan fingerprint density at radius 3 is 2.54 bits per heavy atom. The van der Waals surface area contributed by atoms with E-state index in [1.54, 1.807) is 44.6 Å². The fourth-order valence-corrected chi connectivity index (χ4v) is 3.37. The molecule has 0 N–H and O–H groups in total. The first kappa shape index (κ1) is 20.2. The van der Waals surface area contributed by atoms with Gasteiger partial charge in [-0.15, -0.1) is 0 Å². The molecule has 0 amide bonds. The summed E-state index contributed by atoms with van der Waals surface area (Å²) in [6.07, 6.45) is 2.58. The molecule has 2 aromatic carbocycles. The summed E-state index contributed by atoms with van der Waals surface area (Å²) in [5, 5.41) is 0. The highest BCUT2D eigenvalue weighted by Gasteiger charge is 2.24. The number of hydrogen-bond acceptors (Lipinski definition) is 6. The Morgan fingerprint density at radius 1 is 1.14 bits per heavy atom. The zero-order chi connectivity index (χ0) is 20.1. The van der Waals surface area contributed by atoms with Crippen LogP contribution >= 0.6 is 22.6 Å². The summed E-state index contributed by atoms with van der Waals surface area (Å²) in [6, 6.07) is 10.9. The Balaban J connectivity index is 1.90. The van der Waals surface area contributed by atoms with E-state index >= 15 is 0 Å². The third kappa shape index (κ3) is 4.46. The molecule has 2 aromatic rings. The minimum atomic E-state index is -0.494. The Labute approximate surface area is 177 Å². The van der Waals surface area contributed by atoms with Crippen molar-refractivity contribution in [2.45, 2.75) is 13.3 Å². The lowest BCUT2D eigenvalue weighted by atomic mass is 10.1. The maximum absolute atomic E-state index is 12.2. The number of methoxy groups -OCH3 is 2. The highest BCUT2D eigenvalue weighted by Crippen LogP contribution is 2.35. The molecule has 0 saturated carbocycles. The molecular weight excluding hydrogens is 473 g/mol. The highest BCUT2D eigenvalue weighted by atomic mass is 127. The van der Waals surface area contributed by atoms with E-state index in [-0.39, 0.29) is 11.6 Å². The summed E-state index contributed by atoms with van der Waals surface area (Å²) in [5.41, 5.74) is 1.70. The number of hydrogen-bond donors (Lipinski definition) is 0. The summed E-state index contributed by atoms with van der Waals surface area (Å²) in [6.45, 7) is 2.65. The van der Waals surface area contributed by atoms with Gasteiger partial charge in [-0.3, -0.25) is 0 Å². The van der Waals surface area contributed by atoms with E-state index in [2.05, 4.69) is 27.6 Å². The lowest BCUT2D eigenvalue weighted by molar-refractivity contribution is -0.129. The molecule has 0 radical (unpaired) electrons. The molecule has 0 aliphatic carbocycles. The average molecular weight is 493 g/mol. The topological polar surface area (TPSA) is 66.3 Å². The zero-order valence-electron chi connectivity index (χ0n) is 15.8.